The summed E-state index contributed by atoms with van der Waals surface area (Å²) in [4.78, 5) is 4.44. The molecule has 1 heterocycles. The van der Waals surface area contributed by atoms with Crippen LogP contribution in [0.3, 0.4) is 0 Å². The maximum Gasteiger partial charge on any atom is 0.133 e. The standard InChI is InChI=1S/C16H8ClFN2S/c17-12-4-5-14(18)13(7-12)16-20-15(9-21-16)11-3-1-2-10(6-11)8-19/h1-7,9H. The van der Waals surface area contributed by atoms with Crippen LogP contribution in [0.5, 0.6) is 0 Å². The molecule has 2 nitrogen and oxygen atoms in total. The van der Waals surface area contributed by atoms with E-state index in [4.69, 9.17) is 16.9 Å². The van der Waals surface area contributed by atoms with Crippen LogP contribution in [-0.2, 0) is 0 Å². The Hall–Kier alpha value is -2.22. The minimum atomic E-state index is -0.355. The number of hydrogen-bond donors (Lipinski definition) is 0. The van der Waals surface area contributed by atoms with Gasteiger partial charge >= 0.3 is 0 Å². The van der Waals surface area contributed by atoms with Crippen LogP contribution in [0, 0.1) is 17.1 Å². The highest BCUT2D eigenvalue weighted by atomic mass is 35.5. The second-order valence-corrected chi connectivity index (χ2v) is 5.65. The average Bonchev–Trinajstić information content (AvgIpc) is 2.99. The van der Waals surface area contributed by atoms with Crippen molar-refractivity contribution in [2.45, 2.75) is 0 Å². The van der Waals surface area contributed by atoms with Gasteiger partial charge in [0.15, 0.2) is 0 Å². The molecule has 0 spiro atoms. The molecule has 21 heavy (non-hydrogen) atoms. The van der Waals surface area contributed by atoms with Crippen molar-refractivity contribution in [3.05, 3.63) is 64.2 Å². The summed E-state index contributed by atoms with van der Waals surface area (Å²) in [5.41, 5.74) is 2.50. The predicted molar refractivity (Wildman–Crippen MR) is 82.7 cm³/mol. The molecule has 0 fully saturated rings. The van der Waals surface area contributed by atoms with Crippen LogP contribution in [-0.4, -0.2) is 4.98 Å². The van der Waals surface area contributed by atoms with Crippen molar-refractivity contribution < 1.29 is 4.39 Å². The summed E-state index contributed by atoms with van der Waals surface area (Å²) in [5, 5.41) is 11.8. The van der Waals surface area contributed by atoms with Gasteiger partial charge in [0.1, 0.15) is 10.8 Å². The highest BCUT2D eigenvalue weighted by molar-refractivity contribution is 7.13. The zero-order valence-corrected chi connectivity index (χ0v) is 12.2. The number of nitriles is 1. The van der Waals surface area contributed by atoms with E-state index in [1.54, 1.807) is 24.3 Å². The number of thiazole rings is 1. The van der Waals surface area contributed by atoms with Crippen LogP contribution in [0.2, 0.25) is 5.02 Å². The zero-order valence-electron chi connectivity index (χ0n) is 10.7. The first-order valence-electron chi connectivity index (χ1n) is 6.09. The van der Waals surface area contributed by atoms with Gasteiger partial charge < -0.3 is 0 Å². The highest BCUT2D eigenvalue weighted by Gasteiger charge is 2.11. The zero-order chi connectivity index (χ0) is 14.8. The van der Waals surface area contributed by atoms with Gasteiger partial charge in [0, 0.05) is 21.5 Å². The molecule has 5 heteroatoms. The van der Waals surface area contributed by atoms with Crippen molar-refractivity contribution in [1.82, 2.24) is 4.98 Å². The highest BCUT2D eigenvalue weighted by Crippen LogP contribution is 2.32. The molecule has 102 valence electrons. The molecule has 2 aromatic carbocycles. The summed E-state index contributed by atoms with van der Waals surface area (Å²) < 4.78 is 13.9. The molecule has 0 N–H and O–H groups in total. The molecule has 0 atom stereocenters. The van der Waals surface area contributed by atoms with Crippen LogP contribution in [0.4, 0.5) is 4.39 Å². The Kier molecular flexibility index (Phi) is 3.70. The summed E-state index contributed by atoms with van der Waals surface area (Å²) in [5.74, 6) is -0.355. The van der Waals surface area contributed by atoms with Crippen molar-refractivity contribution in [3.8, 4) is 27.9 Å². The Balaban J connectivity index is 2.04. The van der Waals surface area contributed by atoms with Gasteiger partial charge in [-0.15, -0.1) is 11.3 Å². The molecule has 1 aromatic heterocycles. The van der Waals surface area contributed by atoms with Gasteiger partial charge in [0.2, 0.25) is 0 Å². The first-order chi connectivity index (χ1) is 10.2. The molecular formula is C16H8ClFN2S. The summed E-state index contributed by atoms with van der Waals surface area (Å²) in [6, 6.07) is 13.6. The van der Waals surface area contributed by atoms with Gasteiger partial charge in [-0.05, 0) is 30.3 Å². The first-order valence-corrected chi connectivity index (χ1v) is 7.34. The number of halogens is 2. The second kappa shape index (κ2) is 5.65. The van der Waals surface area contributed by atoms with Crippen LogP contribution >= 0.6 is 22.9 Å². The summed E-state index contributed by atoms with van der Waals surface area (Å²) in [6.45, 7) is 0. The lowest BCUT2D eigenvalue weighted by atomic mass is 10.1. The molecule has 0 unspecified atom stereocenters. The summed E-state index contributed by atoms with van der Waals surface area (Å²) in [7, 11) is 0. The van der Waals surface area contributed by atoms with Gasteiger partial charge in [-0.1, -0.05) is 23.7 Å². The van der Waals surface area contributed by atoms with Gasteiger partial charge in [-0.2, -0.15) is 5.26 Å². The SMILES string of the molecule is N#Cc1cccc(-c2csc(-c3cc(Cl)ccc3F)n2)c1. The fraction of sp³-hybridized carbons (Fsp3) is 0. The molecule has 0 aliphatic heterocycles. The quantitative estimate of drug-likeness (QED) is 0.656. The van der Waals surface area contributed by atoms with E-state index in [-0.39, 0.29) is 5.82 Å². The van der Waals surface area contributed by atoms with Gasteiger partial charge in [-0.3, -0.25) is 0 Å². The molecule has 0 radical (unpaired) electrons. The van der Waals surface area contributed by atoms with Crippen molar-refractivity contribution in [1.29, 1.82) is 5.26 Å². The van der Waals surface area contributed by atoms with Crippen LogP contribution in [0.25, 0.3) is 21.8 Å². The molecule has 3 rings (SSSR count). The van der Waals surface area contributed by atoms with E-state index in [9.17, 15) is 4.39 Å². The van der Waals surface area contributed by atoms with Crippen molar-refractivity contribution >= 4 is 22.9 Å². The maximum atomic E-state index is 13.9. The van der Waals surface area contributed by atoms with Crippen LogP contribution < -0.4 is 0 Å². The molecule has 0 bridgehead atoms. The third-order valence-electron chi connectivity index (χ3n) is 2.95. The van der Waals surface area contributed by atoms with E-state index in [0.29, 0.717) is 26.9 Å². The van der Waals surface area contributed by atoms with Crippen LogP contribution in [0.1, 0.15) is 5.56 Å². The Bertz CT molecular complexity index is 851. The van der Waals surface area contributed by atoms with Gasteiger partial charge in [-0.25, -0.2) is 9.37 Å². The number of benzene rings is 2. The molecule has 0 amide bonds. The molecule has 0 saturated carbocycles. The maximum absolute atomic E-state index is 13.9. The first kappa shape index (κ1) is 13.7. The third kappa shape index (κ3) is 2.80. The number of rotatable bonds is 2. The predicted octanol–water partition coefficient (Wildman–Crippen LogP) is 5.14. The number of aromatic nitrogens is 1. The Labute approximate surface area is 130 Å². The molecule has 3 aromatic rings. The lowest BCUT2D eigenvalue weighted by Crippen LogP contribution is -1.85. The molecule has 0 aliphatic carbocycles. The molecule has 0 saturated heterocycles. The van der Waals surface area contributed by atoms with E-state index < -0.39 is 0 Å². The largest absolute Gasteiger partial charge is 0.236 e. The topological polar surface area (TPSA) is 36.7 Å². The van der Waals surface area contributed by atoms with Gasteiger partial charge in [0.05, 0.1) is 17.3 Å². The average molecular weight is 315 g/mol. The summed E-state index contributed by atoms with van der Waals surface area (Å²) >= 11 is 7.25. The minimum Gasteiger partial charge on any atom is -0.236 e. The summed E-state index contributed by atoms with van der Waals surface area (Å²) in [6.07, 6.45) is 0. The molecule has 0 aliphatic rings. The van der Waals surface area contributed by atoms with E-state index in [0.717, 1.165) is 5.56 Å². The van der Waals surface area contributed by atoms with Crippen molar-refractivity contribution in [3.63, 3.8) is 0 Å². The fourth-order valence-corrected chi connectivity index (χ4v) is 2.96. The Morgan fingerprint density at radius 2 is 2.05 bits per heavy atom. The number of nitrogens with zero attached hydrogens (tertiary/aromatic N) is 2. The van der Waals surface area contributed by atoms with E-state index in [1.165, 1.54) is 23.5 Å². The minimum absolute atomic E-state index is 0.355. The van der Waals surface area contributed by atoms with E-state index >= 15 is 0 Å². The Morgan fingerprint density at radius 1 is 1.19 bits per heavy atom. The monoisotopic (exact) mass is 314 g/mol. The van der Waals surface area contributed by atoms with Gasteiger partial charge in [0.25, 0.3) is 0 Å². The van der Waals surface area contributed by atoms with Crippen LogP contribution in [0.15, 0.2) is 47.8 Å². The lowest BCUT2D eigenvalue weighted by Gasteiger charge is -2.00. The van der Waals surface area contributed by atoms with E-state index in [2.05, 4.69) is 11.1 Å². The smallest absolute Gasteiger partial charge is 0.133 e. The fourth-order valence-electron chi connectivity index (χ4n) is 1.94. The normalized spacial score (nSPS) is 10.3. The molecular weight excluding hydrogens is 307 g/mol. The van der Waals surface area contributed by atoms with Crippen molar-refractivity contribution in [2.75, 3.05) is 0 Å². The van der Waals surface area contributed by atoms with E-state index in [1.807, 2.05) is 11.4 Å². The van der Waals surface area contributed by atoms with Crippen molar-refractivity contribution in [2.24, 2.45) is 0 Å². The second-order valence-electron chi connectivity index (χ2n) is 4.35. The Morgan fingerprint density at radius 3 is 2.86 bits per heavy atom. The third-order valence-corrected chi connectivity index (χ3v) is 4.06. The number of hydrogen-bond acceptors (Lipinski definition) is 3. The lowest BCUT2D eigenvalue weighted by molar-refractivity contribution is 0.631.